The molecular formula is C18H27N3. The van der Waals surface area contributed by atoms with Crippen LogP contribution >= 0.6 is 0 Å². The molecule has 3 rings (SSSR count). The highest BCUT2D eigenvalue weighted by Crippen LogP contribution is 2.44. The average molecular weight is 285 g/mol. The normalized spacial score (nSPS) is 17.7. The zero-order chi connectivity index (χ0) is 14.9. The SMILES string of the molecule is CCCn1c(C2(CC)CCCC2)nc2cc(CN)ccc21. The molecule has 1 aromatic heterocycles. The zero-order valence-corrected chi connectivity index (χ0v) is 13.4. The molecule has 1 fully saturated rings. The average Bonchev–Trinajstić information content (AvgIpc) is 3.13. The third-order valence-corrected chi connectivity index (χ3v) is 5.21. The van der Waals surface area contributed by atoms with Gasteiger partial charge in [0.2, 0.25) is 0 Å². The summed E-state index contributed by atoms with van der Waals surface area (Å²) >= 11 is 0. The van der Waals surface area contributed by atoms with E-state index in [0.29, 0.717) is 12.0 Å². The molecule has 1 heterocycles. The Labute approximate surface area is 127 Å². The van der Waals surface area contributed by atoms with E-state index in [1.807, 2.05) is 0 Å². The van der Waals surface area contributed by atoms with Crippen molar-refractivity contribution in [2.75, 3.05) is 0 Å². The molecule has 1 aromatic carbocycles. The molecule has 0 radical (unpaired) electrons. The van der Waals surface area contributed by atoms with E-state index in [-0.39, 0.29) is 0 Å². The second kappa shape index (κ2) is 5.80. The predicted octanol–water partition coefficient (Wildman–Crippen LogP) is 4.13. The first-order chi connectivity index (χ1) is 10.2. The van der Waals surface area contributed by atoms with E-state index in [2.05, 4.69) is 36.6 Å². The highest BCUT2D eigenvalue weighted by molar-refractivity contribution is 5.77. The van der Waals surface area contributed by atoms with Crippen molar-refractivity contribution < 1.29 is 0 Å². The highest BCUT2D eigenvalue weighted by Gasteiger charge is 2.38. The van der Waals surface area contributed by atoms with Gasteiger partial charge in [0.1, 0.15) is 5.82 Å². The smallest absolute Gasteiger partial charge is 0.116 e. The Morgan fingerprint density at radius 3 is 2.62 bits per heavy atom. The van der Waals surface area contributed by atoms with E-state index in [1.54, 1.807) is 0 Å². The van der Waals surface area contributed by atoms with Gasteiger partial charge < -0.3 is 10.3 Å². The number of rotatable bonds is 5. The van der Waals surface area contributed by atoms with Gasteiger partial charge >= 0.3 is 0 Å². The van der Waals surface area contributed by atoms with Crippen molar-refractivity contribution in [3.8, 4) is 0 Å². The van der Waals surface area contributed by atoms with Gasteiger partial charge in [-0.1, -0.05) is 32.8 Å². The van der Waals surface area contributed by atoms with E-state index < -0.39 is 0 Å². The van der Waals surface area contributed by atoms with Crippen LogP contribution in [0.25, 0.3) is 11.0 Å². The molecule has 114 valence electrons. The van der Waals surface area contributed by atoms with Crippen molar-refractivity contribution in [1.82, 2.24) is 9.55 Å². The number of hydrogen-bond donors (Lipinski definition) is 1. The van der Waals surface area contributed by atoms with Gasteiger partial charge in [-0.2, -0.15) is 0 Å². The summed E-state index contributed by atoms with van der Waals surface area (Å²) in [4.78, 5) is 5.07. The van der Waals surface area contributed by atoms with Crippen LogP contribution in [0.1, 0.15) is 63.8 Å². The maximum absolute atomic E-state index is 5.78. The van der Waals surface area contributed by atoms with Gasteiger partial charge in [-0.05, 0) is 43.4 Å². The van der Waals surface area contributed by atoms with Crippen LogP contribution in [0, 0.1) is 0 Å². The Kier molecular flexibility index (Phi) is 4.03. The summed E-state index contributed by atoms with van der Waals surface area (Å²) in [6, 6.07) is 6.53. The Morgan fingerprint density at radius 1 is 1.24 bits per heavy atom. The van der Waals surface area contributed by atoms with Gasteiger partial charge in [-0.25, -0.2) is 4.98 Å². The number of fused-ring (bicyclic) bond motifs is 1. The van der Waals surface area contributed by atoms with Crippen LogP contribution in [0.5, 0.6) is 0 Å². The lowest BCUT2D eigenvalue weighted by Crippen LogP contribution is -2.26. The fourth-order valence-corrected chi connectivity index (χ4v) is 3.94. The molecule has 0 spiro atoms. The monoisotopic (exact) mass is 285 g/mol. The lowest BCUT2D eigenvalue weighted by Gasteiger charge is -2.27. The summed E-state index contributed by atoms with van der Waals surface area (Å²) < 4.78 is 2.48. The fraction of sp³-hybridized carbons (Fsp3) is 0.611. The number of benzene rings is 1. The molecule has 1 aliphatic carbocycles. The van der Waals surface area contributed by atoms with Crippen molar-refractivity contribution >= 4 is 11.0 Å². The fourth-order valence-electron chi connectivity index (χ4n) is 3.94. The lowest BCUT2D eigenvalue weighted by atomic mass is 9.82. The molecule has 0 bridgehead atoms. The number of aromatic nitrogens is 2. The number of nitrogens with zero attached hydrogens (tertiary/aromatic N) is 2. The van der Waals surface area contributed by atoms with E-state index in [0.717, 1.165) is 18.5 Å². The molecule has 0 amide bonds. The highest BCUT2D eigenvalue weighted by atomic mass is 15.1. The van der Waals surface area contributed by atoms with Crippen molar-refractivity contribution in [2.24, 2.45) is 5.73 Å². The van der Waals surface area contributed by atoms with Gasteiger partial charge in [-0.15, -0.1) is 0 Å². The second-order valence-corrected chi connectivity index (χ2v) is 6.46. The van der Waals surface area contributed by atoms with E-state index in [4.69, 9.17) is 10.7 Å². The first kappa shape index (κ1) is 14.6. The number of nitrogens with two attached hydrogens (primary N) is 1. The quantitative estimate of drug-likeness (QED) is 0.897. The molecule has 1 saturated carbocycles. The van der Waals surface area contributed by atoms with E-state index in [1.165, 1.54) is 49.0 Å². The van der Waals surface area contributed by atoms with Crippen molar-refractivity contribution in [2.45, 2.75) is 70.9 Å². The minimum atomic E-state index is 0.303. The van der Waals surface area contributed by atoms with Crippen LogP contribution in [0.4, 0.5) is 0 Å². The summed E-state index contributed by atoms with van der Waals surface area (Å²) in [5, 5.41) is 0. The summed E-state index contributed by atoms with van der Waals surface area (Å²) in [6.45, 7) is 6.23. The molecular weight excluding hydrogens is 258 g/mol. The molecule has 3 heteroatoms. The van der Waals surface area contributed by atoms with Crippen LogP contribution in [-0.4, -0.2) is 9.55 Å². The standard InChI is InChI=1S/C18H27N3/c1-3-11-21-16-8-7-14(13-19)12-15(16)20-17(21)18(4-2)9-5-6-10-18/h7-8,12H,3-6,9-11,13,19H2,1-2H3. The minimum absolute atomic E-state index is 0.303. The summed E-state index contributed by atoms with van der Waals surface area (Å²) in [5.41, 5.74) is 9.67. The maximum Gasteiger partial charge on any atom is 0.116 e. The lowest BCUT2D eigenvalue weighted by molar-refractivity contribution is 0.380. The molecule has 1 aliphatic rings. The van der Waals surface area contributed by atoms with Gasteiger partial charge in [0.05, 0.1) is 11.0 Å². The second-order valence-electron chi connectivity index (χ2n) is 6.46. The molecule has 0 unspecified atom stereocenters. The van der Waals surface area contributed by atoms with Crippen LogP contribution in [0.2, 0.25) is 0 Å². The molecule has 2 N–H and O–H groups in total. The number of aryl methyl sites for hydroxylation is 1. The van der Waals surface area contributed by atoms with E-state index >= 15 is 0 Å². The summed E-state index contributed by atoms with van der Waals surface area (Å²) in [6.07, 6.45) is 7.62. The van der Waals surface area contributed by atoms with Crippen LogP contribution in [0.15, 0.2) is 18.2 Å². The number of imidazole rings is 1. The van der Waals surface area contributed by atoms with Crippen molar-refractivity contribution in [3.63, 3.8) is 0 Å². The first-order valence-corrected chi connectivity index (χ1v) is 8.44. The molecule has 0 saturated heterocycles. The largest absolute Gasteiger partial charge is 0.328 e. The topological polar surface area (TPSA) is 43.8 Å². The van der Waals surface area contributed by atoms with Gasteiger partial charge in [0.15, 0.2) is 0 Å². The van der Waals surface area contributed by atoms with E-state index in [9.17, 15) is 0 Å². The Hall–Kier alpha value is -1.35. The van der Waals surface area contributed by atoms with Crippen LogP contribution in [0.3, 0.4) is 0 Å². The van der Waals surface area contributed by atoms with Crippen LogP contribution in [-0.2, 0) is 18.5 Å². The molecule has 0 atom stereocenters. The van der Waals surface area contributed by atoms with Crippen molar-refractivity contribution in [1.29, 1.82) is 0 Å². The maximum atomic E-state index is 5.78. The third-order valence-electron chi connectivity index (χ3n) is 5.21. The van der Waals surface area contributed by atoms with Gasteiger partial charge in [0.25, 0.3) is 0 Å². The third kappa shape index (κ3) is 2.38. The first-order valence-electron chi connectivity index (χ1n) is 8.44. The molecule has 3 nitrogen and oxygen atoms in total. The van der Waals surface area contributed by atoms with Gasteiger partial charge in [-0.3, -0.25) is 0 Å². The molecule has 2 aromatic rings. The minimum Gasteiger partial charge on any atom is -0.328 e. The Balaban J connectivity index is 2.18. The molecule has 0 aliphatic heterocycles. The van der Waals surface area contributed by atoms with Crippen LogP contribution < -0.4 is 5.73 Å². The predicted molar refractivity (Wildman–Crippen MR) is 88.4 cm³/mol. The van der Waals surface area contributed by atoms with Gasteiger partial charge in [0, 0.05) is 18.5 Å². The number of hydrogen-bond acceptors (Lipinski definition) is 2. The zero-order valence-electron chi connectivity index (χ0n) is 13.4. The van der Waals surface area contributed by atoms with Crippen molar-refractivity contribution in [3.05, 3.63) is 29.6 Å². The Bertz CT molecular complexity index is 621. The summed E-state index contributed by atoms with van der Waals surface area (Å²) in [5.74, 6) is 1.33. The summed E-state index contributed by atoms with van der Waals surface area (Å²) in [7, 11) is 0. The Morgan fingerprint density at radius 2 is 2.00 bits per heavy atom. The molecule has 21 heavy (non-hydrogen) atoms.